The van der Waals surface area contributed by atoms with Gasteiger partial charge >= 0.3 is 0 Å². The number of ether oxygens (including phenoxy) is 1. The molecule has 0 aliphatic carbocycles. The van der Waals surface area contributed by atoms with Gasteiger partial charge in [-0.25, -0.2) is 15.0 Å². The van der Waals surface area contributed by atoms with Gasteiger partial charge in [-0.15, -0.1) is 0 Å². The van der Waals surface area contributed by atoms with Crippen molar-refractivity contribution in [2.75, 3.05) is 30.9 Å². The molecule has 2 aromatic heterocycles. The number of aliphatic hydroxyl groups is 1. The quantitative estimate of drug-likeness (QED) is 0.569. The largest absolute Gasteiger partial charge is 0.495 e. The van der Waals surface area contributed by atoms with Crippen molar-refractivity contribution in [2.45, 2.75) is 32.1 Å². The van der Waals surface area contributed by atoms with Gasteiger partial charge in [-0.1, -0.05) is 26.8 Å². The fraction of sp³-hybridized carbons (Fsp3) is 0.348. The first-order valence-corrected chi connectivity index (χ1v) is 10.1. The zero-order valence-corrected chi connectivity index (χ0v) is 17.7. The zero-order chi connectivity index (χ0) is 21.3. The maximum atomic E-state index is 9.84. The minimum Gasteiger partial charge on any atom is -0.495 e. The Bertz CT molecular complexity index is 1070. The molecule has 1 aliphatic rings. The molecule has 1 aromatic carbocycles. The van der Waals surface area contributed by atoms with Gasteiger partial charge in [0.25, 0.3) is 0 Å². The third-order valence-electron chi connectivity index (χ3n) is 5.62. The molecule has 0 saturated heterocycles. The number of aromatic nitrogens is 3. The summed E-state index contributed by atoms with van der Waals surface area (Å²) >= 11 is 0. The van der Waals surface area contributed by atoms with Gasteiger partial charge in [0.05, 0.1) is 25.1 Å². The lowest BCUT2D eigenvalue weighted by Crippen LogP contribution is -2.28. The minimum absolute atomic E-state index is 0.0562. The number of nitrogens with zero attached hydrogens (tertiary/aromatic N) is 3. The highest BCUT2D eigenvalue weighted by atomic mass is 16.5. The van der Waals surface area contributed by atoms with Crippen LogP contribution >= 0.6 is 0 Å². The molecular formula is C23H27N5O2. The highest BCUT2D eigenvalue weighted by Crippen LogP contribution is 2.37. The van der Waals surface area contributed by atoms with Crippen molar-refractivity contribution in [1.29, 1.82) is 0 Å². The van der Waals surface area contributed by atoms with Gasteiger partial charge in [0.2, 0.25) is 5.95 Å². The summed E-state index contributed by atoms with van der Waals surface area (Å²) in [6, 6.07) is 9.98. The second kappa shape index (κ2) is 7.91. The average Bonchev–Trinajstić information content (AvgIpc) is 3.10. The Balaban J connectivity index is 1.67. The molecular weight excluding hydrogens is 378 g/mol. The number of benzene rings is 1. The molecule has 7 nitrogen and oxygen atoms in total. The summed E-state index contributed by atoms with van der Waals surface area (Å²) in [5.74, 6) is 2.43. The molecule has 0 fully saturated rings. The summed E-state index contributed by atoms with van der Waals surface area (Å²) in [5.41, 5.74) is 4.32. The van der Waals surface area contributed by atoms with Gasteiger partial charge in [-0.2, -0.15) is 0 Å². The van der Waals surface area contributed by atoms with Crippen molar-refractivity contribution in [3.63, 3.8) is 0 Å². The molecule has 3 aromatic rings. The van der Waals surface area contributed by atoms with Crippen molar-refractivity contribution < 1.29 is 9.84 Å². The molecule has 0 amide bonds. The van der Waals surface area contributed by atoms with Crippen LogP contribution in [0, 0.1) is 0 Å². The Kier molecular flexibility index (Phi) is 5.30. The Hall–Kier alpha value is -3.19. The standard InChI is InChI=1S/C23H27N5O2/c1-14(2)15-5-6-20(30-4)19(10-15)28-22-24-8-7-18(27-22)16-9-17-21(25-11-16)26-12-23(17,3)13-29/h5-11,14,29H,12-13H2,1-4H3,(H,25,26)(H,24,27,28). The van der Waals surface area contributed by atoms with E-state index in [1.165, 1.54) is 5.56 Å². The van der Waals surface area contributed by atoms with E-state index >= 15 is 0 Å². The molecule has 0 saturated carbocycles. The third kappa shape index (κ3) is 3.68. The van der Waals surface area contributed by atoms with Gasteiger partial charge < -0.3 is 20.5 Å². The van der Waals surface area contributed by atoms with Crippen LogP contribution in [0.2, 0.25) is 0 Å². The first-order chi connectivity index (χ1) is 14.4. The molecule has 0 radical (unpaired) electrons. The van der Waals surface area contributed by atoms with Crippen LogP contribution in [-0.4, -0.2) is 40.3 Å². The van der Waals surface area contributed by atoms with Crippen LogP contribution in [0.1, 0.15) is 37.8 Å². The summed E-state index contributed by atoms with van der Waals surface area (Å²) in [7, 11) is 1.65. The molecule has 156 valence electrons. The van der Waals surface area contributed by atoms with Crippen LogP contribution in [0.25, 0.3) is 11.3 Å². The van der Waals surface area contributed by atoms with Crippen LogP contribution in [0.4, 0.5) is 17.5 Å². The van der Waals surface area contributed by atoms with Crippen molar-refractivity contribution in [1.82, 2.24) is 15.0 Å². The fourth-order valence-corrected chi connectivity index (χ4v) is 3.60. The van der Waals surface area contributed by atoms with E-state index < -0.39 is 0 Å². The predicted molar refractivity (Wildman–Crippen MR) is 119 cm³/mol. The van der Waals surface area contributed by atoms with Gasteiger partial charge in [0, 0.05) is 35.5 Å². The summed E-state index contributed by atoms with van der Waals surface area (Å²) in [4.78, 5) is 13.6. The van der Waals surface area contributed by atoms with E-state index in [0.717, 1.165) is 34.1 Å². The van der Waals surface area contributed by atoms with Crippen LogP contribution in [0.3, 0.4) is 0 Å². The molecule has 4 rings (SSSR count). The normalized spacial score (nSPS) is 17.5. The molecule has 3 heterocycles. The van der Waals surface area contributed by atoms with Crippen LogP contribution in [-0.2, 0) is 5.41 Å². The molecule has 1 unspecified atom stereocenters. The summed E-state index contributed by atoms with van der Waals surface area (Å²) < 4.78 is 5.49. The van der Waals surface area contributed by atoms with Crippen molar-refractivity contribution >= 4 is 17.5 Å². The highest BCUT2D eigenvalue weighted by molar-refractivity contribution is 5.68. The molecule has 7 heteroatoms. The second-order valence-electron chi connectivity index (χ2n) is 8.20. The van der Waals surface area contributed by atoms with Crippen molar-refractivity contribution in [3.8, 4) is 17.0 Å². The molecule has 0 bridgehead atoms. The van der Waals surface area contributed by atoms with Gasteiger partial charge in [-0.05, 0) is 35.7 Å². The van der Waals surface area contributed by atoms with E-state index in [9.17, 15) is 5.11 Å². The maximum Gasteiger partial charge on any atom is 0.227 e. The predicted octanol–water partition coefficient (Wildman–Crippen LogP) is 4.09. The topological polar surface area (TPSA) is 92.2 Å². The summed E-state index contributed by atoms with van der Waals surface area (Å²) in [6.07, 6.45) is 3.52. The highest BCUT2D eigenvalue weighted by Gasteiger charge is 2.35. The van der Waals surface area contributed by atoms with E-state index in [1.807, 2.05) is 25.1 Å². The number of pyridine rings is 1. The van der Waals surface area contributed by atoms with Gasteiger partial charge in [0.1, 0.15) is 11.6 Å². The van der Waals surface area contributed by atoms with Gasteiger partial charge in [0.15, 0.2) is 0 Å². The van der Waals surface area contributed by atoms with Crippen molar-refractivity contribution in [3.05, 3.63) is 53.9 Å². The Morgan fingerprint density at radius 2 is 2.07 bits per heavy atom. The first kappa shape index (κ1) is 20.1. The van der Waals surface area contributed by atoms with E-state index in [2.05, 4.69) is 51.6 Å². The third-order valence-corrected chi connectivity index (χ3v) is 5.62. The molecule has 1 atom stereocenters. The summed E-state index contributed by atoms with van der Waals surface area (Å²) in [6.45, 7) is 7.05. The zero-order valence-electron chi connectivity index (χ0n) is 17.7. The smallest absolute Gasteiger partial charge is 0.227 e. The van der Waals surface area contributed by atoms with Gasteiger partial charge in [-0.3, -0.25) is 0 Å². The molecule has 3 N–H and O–H groups in total. The van der Waals surface area contributed by atoms with Crippen LogP contribution in [0.15, 0.2) is 42.7 Å². The average molecular weight is 406 g/mol. The maximum absolute atomic E-state index is 9.84. The van der Waals surface area contributed by atoms with E-state index in [4.69, 9.17) is 4.74 Å². The Labute approximate surface area is 176 Å². The van der Waals surface area contributed by atoms with Crippen LogP contribution < -0.4 is 15.4 Å². The lowest BCUT2D eigenvalue weighted by Gasteiger charge is -2.20. The number of hydrogen-bond acceptors (Lipinski definition) is 7. The number of hydrogen-bond donors (Lipinski definition) is 3. The number of aliphatic hydroxyl groups excluding tert-OH is 1. The SMILES string of the molecule is COc1ccc(C(C)C)cc1Nc1nccc(-c2cnc3c(c2)C(C)(CO)CN3)n1. The monoisotopic (exact) mass is 405 g/mol. The fourth-order valence-electron chi connectivity index (χ4n) is 3.60. The Morgan fingerprint density at radius 3 is 2.80 bits per heavy atom. The van der Waals surface area contributed by atoms with Crippen molar-refractivity contribution in [2.24, 2.45) is 0 Å². The number of methoxy groups -OCH3 is 1. The lowest BCUT2D eigenvalue weighted by atomic mass is 9.85. The number of fused-ring (bicyclic) bond motifs is 1. The Morgan fingerprint density at radius 1 is 1.23 bits per heavy atom. The minimum atomic E-state index is -0.350. The number of anilines is 3. The molecule has 0 spiro atoms. The molecule has 30 heavy (non-hydrogen) atoms. The molecule has 1 aliphatic heterocycles. The van der Waals surface area contributed by atoms with Crippen LogP contribution in [0.5, 0.6) is 5.75 Å². The number of rotatable bonds is 6. The summed E-state index contributed by atoms with van der Waals surface area (Å²) in [5, 5.41) is 16.4. The first-order valence-electron chi connectivity index (χ1n) is 10.1. The number of nitrogens with one attached hydrogen (secondary N) is 2. The van der Waals surface area contributed by atoms with E-state index in [-0.39, 0.29) is 12.0 Å². The van der Waals surface area contributed by atoms with E-state index in [1.54, 1.807) is 19.5 Å². The second-order valence-corrected chi connectivity index (χ2v) is 8.20. The van der Waals surface area contributed by atoms with E-state index in [0.29, 0.717) is 18.4 Å². The lowest BCUT2D eigenvalue weighted by molar-refractivity contribution is 0.218.